The number of carbonyl (C=O) groups is 1. The molecule has 1 rings (SSSR count). The fraction of sp³-hybridized carbons (Fsp3) is 0.889. The van der Waals surface area contributed by atoms with Crippen LogP contribution >= 0.6 is 12.6 Å². The van der Waals surface area contributed by atoms with Crippen molar-refractivity contribution in [1.82, 2.24) is 4.90 Å². The lowest BCUT2D eigenvalue weighted by atomic mass is 10.0. The summed E-state index contributed by atoms with van der Waals surface area (Å²) in [6, 6.07) is 0.100. The lowest BCUT2D eigenvalue weighted by Gasteiger charge is -2.31. The van der Waals surface area contributed by atoms with Crippen LogP contribution in [-0.2, 0) is 4.74 Å². The molecule has 0 aromatic rings. The van der Waals surface area contributed by atoms with Gasteiger partial charge in [-0.05, 0) is 20.3 Å². The summed E-state index contributed by atoms with van der Waals surface area (Å²) < 4.78 is 4.80. The average Bonchev–Trinajstić information content (AvgIpc) is 2.32. The molecule has 0 saturated carbocycles. The lowest BCUT2D eigenvalue weighted by Crippen LogP contribution is -2.45. The van der Waals surface area contributed by atoms with E-state index in [1.165, 1.54) is 0 Å². The summed E-state index contributed by atoms with van der Waals surface area (Å²) in [6.45, 7) is 7.29. The van der Waals surface area contributed by atoms with Gasteiger partial charge in [0, 0.05) is 11.3 Å². The van der Waals surface area contributed by atoms with E-state index >= 15 is 0 Å². The number of thiol groups is 1. The fourth-order valence-corrected chi connectivity index (χ4v) is 1.74. The number of hydrogen-bond donors (Lipinski definition) is 1. The second kappa shape index (κ2) is 3.78. The maximum Gasteiger partial charge on any atom is 0.410 e. The normalized spacial score (nSPS) is 23.5. The van der Waals surface area contributed by atoms with Gasteiger partial charge in [0.1, 0.15) is 6.61 Å². The molecule has 1 amide bonds. The monoisotopic (exact) mass is 203 g/mol. The van der Waals surface area contributed by atoms with Gasteiger partial charge in [0.15, 0.2) is 0 Å². The maximum atomic E-state index is 11.3. The van der Waals surface area contributed by atoms with E-state index in [0.29, 0.717) is 6.61 Å². The van der Waals surface area contributed by atoms with Gasteiger partial charge in [0.05, 0.1) is 6.04 Å². The molecule has 3 nitrogen and oxygen atoms in total. The van der Waals surface area contributed by atoms with Crippen LogP contribution in [0.25, 0.3) is 0 Å². The minimum absolute atomic E-state index is 0.100. The van der Waals surface area contributed by atoms with Crippen LogP contribution < -0.4 is 0 Å². The van der Waals surface area contributed by atoms with Crippen molar-refractivity contribution in [2.24, 2.45) is 0 Å². The molecule has 4 heteroatoms. The van der Waals surface area contributed by atoms with Crippen LogP contribution in [0.2, 0.25) is 0 Å². The van der Waals surface area contributed by atoms with Crippen molar-refractivity contribution < 1.29 is 9.53 Å². The van der Waals surface area contributed by atoms with E-state index in [-0.39, 0.29) is 16.9 Å². The van der Waals surface area contributed by atoms with Gasteiger partial charge in [0.2, 0.25) is 0 Å². The third kappa shape index (κ3) is 2.30. The standard InChI is InChI=1S/C9H17NO2S/c1-4-5-10-7(9(2,3)13)6-12-8(10)11/h7,13H,4-6H2,1-3H3/t7-/m0/s1. The molecule has 0 bridgehead atoms. The Kier molecular flexibility index (Phi) is 3.11. The summed E-state index contributed by atoms with van der Waals surface area (Å²) in [7, 11) is 0. The molecule has 1 aliphatic heterocycles. The fourth-order valence-electron chi connectivity index (χ4n) is 1.52. The van der Waals surface area contributed by atoms with Crippen molar-refractivity contribution in [3.05, 3.63) is 0 Å². The van der Waals surface area contributed by atoms with Crippen LogP contribution in [0, 0.1) is 0 Å². The molecule has 76 valence electrons. The van der Waals surface area contributed by atoms with Gasteiger partial charge in [-0.3, -0.25) is 0 Å². The van der Waals surface area contributed by atoms with Crippen LogP contribution in [-0.4, -0.2) is 34.9 Å². The first-order valence-electron chi connectivity index (χ1n) is 4.62. The van der Waals surface area contributed by atoms with E-state index in [1.54, 1.807) is 4.90 Å². The van der Waals surface area contributed by atoms with Crippen LogP contribution in [0.3, 0.4) is 0 Å². The Hall–Kier alpha value is -0.380. The first kappa shape index (κ1) is 10.7. The van der Waals surface area contributed by atoms with Crippen molar-refractivity contribution in [2.75, 3.05) is 13.2 Å². The largest absolute Gasteiger partial charge is 0.447 e. The van der Waals surface area contributed by atoms with Crippen LogP contribution in [0.5, 0.6) is 0 Å². The molecule has 1 heterocycles. The van der Waals surface area contributed by atoms with E-state index < -0.39 is 0 Å². The van der Waals surface area contributed by atoms with Crippen molar-refractivity contribution in [2.45, 2.75) is 38.0 Å². The van der Waals surface area contributed by atoms with Crippen LogP contribution in [0.1, 0.15) is 27.2 Å². The third-order valence-electron chi connectivity index (χ3n) is 2.26. The van der Waals surface area contributed by atoms with Gasteiger partial charge in [-0.2, -0.15) is 12.6 Å². The SMILES string of the molecule is CCCN1C(=O)OC[C@H]1C(C)(C)S. The molecule has 0 N–H and O–H groups in total. The summed E-state index contributed by atoms with van der Waals surface area (Å²) in [5.74, 6) is 0. The highest BCUT2D eigenvalue weighted by Crippen LogP contribution is 2.27. The third-order valence-corrected chi connectivity index (χ3v) is 2.55. The quantitative estimate of drug-likeness (QED) is 0.710. The Morgan fingerprint density at radius 1 is 1.69 bits per heavy atom. The van der Waals surface area contributed by atoms with Gasteiger partial charge in [-0.15, -0.1) is 0 Å². The van der Waals surface area contributed by atoms with Gasteiger partial charge < -0.3 is 9.64 Å². The van der Waals surface area contributed by atoms with E-state index in [0.717, 1.165) is 13.0 Å². The van der Waals surface area contributed by atoms with Crippen molar-refractivity contribution in [1.29, 1.82) is 0 Å². The second-order valence-corrected chi connectivity index (χ2v) is 5.09. The minimum atomic E-state index is -0.200. The number of amides is 1. The maximum absolute atomic E-state index is 11.3. The van der Waals surface area contributed by atoms with E-state index in [9.17, 15) is 4.79 Å². The Balaban J connectivity index is 2.69. The van der Waals surface area contributed by atoms with E-state index in [4.69, 9.17) is 4.74 Å². The average molecular weight is 203 g/mol. The molecule has 0 aromatic heterocycles. The summed E-state index contributed by atoms with van der Waals surface area (Å²) in [5.41, 5.74) is 0. The molecule has 1 atom stereocenters. The predicted molar refractivity (Wildman–Crippen MR) is 55.2 cm³/mol. The number of hydrogen-bond acceptors (Lipinski definition) is 3. The summed E-state index contributed by atoms with van der Waals surface area (Å²) in [5, 5.41) is 0. The molecular formula is C9H17NO2S. The summed E-state index contributed by atoms with van der Waals surface area (Å²) in [6.07, 6.45) is 0.754. The Morgan fingerprint density at radius 2 is 2.31 bits per heavy atom. The van der Waals surface area contributed by atoms with Gasteiger partial charge >= 0.3 is 6.09 Å². The highest BCUT2D eigenvalue weighted by atomic mass is 32.1. The van der Waals surface area contributed by atoms with Crippen molar-refractivity contribution >= 4 is 18.7 Å². The summed E-state index contributed by atoms with van der Waals surface area (Å²) in [4.78, 5) is 13.1. The topological polar surface area (TPSA) is 29.5 Å². The van der Waals surface area contributed by atoms with Gasteiger partial charge in [-0.1, -0.05) is 6.92 Å². The first-order valence-corrected chi connectivity index (χ1v) is 5.07. The predicted octanol–water partition coefficient (Wildman–Crippen LogP) is 1.93. The molecule has 0 radical (unpaired) electrons. The number of ether oxygens (including phenoxy) is 1. The van der Waals surface area contributed by atoms with E-state index in [1.807, 2.05) is 20.8 Å². The zero-order chi connectivity index (χ0) is 10.1. The molecule has 1 saturated heterocycles. The molecule has 1 fully saturated rings. The van der Waals surface area contributed by atoms with Crippen LogP contribution in [0.15, 0.2) is 0 Å². The van der Waals surface area contributed by atoms with Gasteiger partial charge in [-0.25, -0.2) is 4.79 Å². The molecule has 13 heavy (non-hydrogen) atoms. The lowest BCUT2D eigenvalue weighted by molar-refractivity contribution is 0.157. The van der Waals surface area contributed by atoms with Crippen LogP contribution in [0.4, 0.5) is 4.79 Å². The zero-order valence-corrected chi connectivity index (χ0v) is 9.30. The zero-order valence-electron chi connectivity index (χ0n) is 8.41. The highest BCUT2D eigenvalue weighted by Gasteiger charge is 2.40. The number of nitrogens with zero attached hydrogens (tertiary/aromatic N) is 1. The molecular weight excluding hydrogens is 186 g/mol. The van der Waals surface area contributed by atoms with E-state index in [2.05, 4.69) is 12.6 Å². The summed E-state index contributed by atoms with van der Waals surface area (Å²) >= 11 is 4.47. The Labute approximate surface area is 84.8 Å². The van der Waals surface area contributed by atoms with Crippen molar-refractivity contribution in [3.8, 4) is 0 Å². The van der Waals surface area contributed by atoms with Crippen molar-refractivity contribution in [3.63, 3.8) is 0 Å². The molecule has 0 spiro atoms. The number of rotatable bonds is 3. The highest BCUT2D eigenvalue weighted by molar-refractivity contribution is 7.81. The molecule has 0 aromatic carbocycles. The molecule has 1 aliphatic rings. The number of carbonyl (C=O) groups excluding carboxylic acids is 1. The number of cyclic esters (lactones) is 1. The molecule has 0 aliphatic carbocycles. The Bertz CT molecular complexity index is 200. The van der Waals surface area contributed by atoms with Gasteiger partial charge in [0.25, 0.3) is 0 Å². The minimum Gasteiger partial charge on any atom is -0.447 e. The smallest absolute Gasteiger partial charge is 0.410 e. The molecule has 0 unspecified atom stereocenters. The Morgan fingerprint density at radius 3 is 2.77 bits per heavy atom. The first-order chi connectivity index (χ1) is 5.96. The second-order valence-electron chi connectivity index (χ2n) is 3.94.